The second-order valence-corrected chi connectivity index (χ2v) is 6.59. The molecule has 6 N–H and O–H groups in total. The van der Waals surface area contributed by atoms with Crippen molar-refractivity contribution in [1.29, 1.82) is 0 Å². The number of aromatic nitrogens is 2. The number of aryl methyl sites for hydroxylation is 1. The second-order valence-electron chi connectivity index (χ2n) is 6.59. The number of amides is 1. The average Bonchev–Trinajstić information content (AvgIpc) is 2.61. The summed E-state index contributed by atoms with van der Waals surface area (Å²) in [5, 5.41) is 6.07. The summed E-state index contributed by atoms with van der Waals surface area (Å²) in [7, 11) is 0. The number of nitrogens with one attached hydrogen (secondary N) is 2. The van der Waals surface area contributed by atoms with Crippen LogP contribution in [0.3, 0.4) is 0 Å². The molecule has 2 aromatic rings. The molecule has 2 aromatic heterocycles. The van der Waals surface area contributed by atoms with Gasteiger partial charge in [0.05, 0.1) is 17.4 Å². The number of carbonyl (C=O) groups excluding carboxylic acids is 1. The zero-order valence-corrected chi connectivity index (χ0v) is 14.6. The van der Waals surface area contributed by atoms with Crippen LogP contribution in [0.4, 0.5) is 21.7 Å². The molecular formula is C18H23FN6O. The third kappa shape index (κ3) is 4.08. The summed E-state index contributed by atoms with van der Waals surface area (Å²) in [6, 6.07) is 4.59. The molecule has 1 fully saturated rings. The predicted octanol–water partition coefficient (Wildman–Crippen LogP) is 2.45. The molecule has 0 aliphatic heterocycles. The summed E-state index contributed by atoms with van der Waals surface area (Å²) >= 11 is 0. The summed E-state index contributed by atoms with van der Waals surface area (Å²) in [5.74, 6) is -1.17. The van der Waals surface area contributed by atoms with Crippen molar-refractivity contribution >= 4 is 23.2 Å². The molecule has 1 unspecified atom stereocenters. The third-order valence-electron chi connectivity index (χ3n) is 4.56. The SMILES string of the molecule is Cc1ccc(Nc2nc(NC3CCCC[C@@H]3N)c(F)cc2C(N)=O)cn1. The van der Waals surface area contributed by atoms with Crippen molar-refractivity contribution in [3.63, 3.8) is 0 Å². The molecule has 1 aliphatic carbocycles. The fraction of sp³-hybridized carbons (Fsp3) is 0.389. The fourth-order valence-corrected chi connectivity index (χ4v) is 3.07. The highest BCUT2D eigenvalue weighted by atomic mass is 19.1. The standard InChI is InChI=1S/C18H23FN6O/c1-10-6-7-11(9-22-10)23-17-12(16(21)26)8-13(19)18(25-17)24-15-5-3-2-4-14(15)20/h6-9,14-15H,2-5,20H2,1H3,(H2,21,26)(H2,23,24,25)/t14-,15?/m0/s1. The Morgan fingerprint density at radius 3 is 2.69 bits per heavy atom. The highest BCUT2D eigenvalue weighted by Crippen LogP contribution is 2.26. The molecule has 2 heterocycles. The van der Waals surface area contributed by atoms with E-state index in [1.807, 2.05) is 13.0 Å². The van der Waals surface area contributed by atoms with Gasteiger partial charge in [0.1, 0.15) is 5.82 Å². The second kappa shape index (κ2) is 7.65. The molecule has 0 bridgehead atoms. The molecule has 138 valence electrons. The number of hydrogen-bond donors (Lipinski definition) is 4. The van der Waals surface area contributed by atoms with E-state index in [0.717, 1.165) is 37.4 Å². The summed E-state index contributed by atoms with van der Waals surface area (Å²) in [6.45, 7) is 1.87. The Labute approximate surface area is 151 Å². The van der Waals surface area contributed by atoms with E-state index in [-0.39, 0.29) is 29.3 Å². The van der Waals surface area contributed by atoms with Crippen molar-refractivity contribution in [1.82, 2.24) is 9.97 Å². The summed E-state index contributed by atoms with van der Waals surface area (Å²) in [4.78, 5) is 20.1. The van der Waals surface area contributed by atoms with Crippen molar-refractivity contribution in [3.05, 3.63) is 41.5 Å². The summed E-state index contributed by atoms with van der Waals surface area (Å²) < 4.78 is 14.5. The molecule has 0 radical (unpaired) electrons. The monoisotopic (exact) mass is 358 g/mol. The summed E-state index contributed by atoms with van der Waals surface area (Å²) in [6.07, 6.45) is 5.45. The highest BCUT2D eigenvalue weighted by Gasteiger charge is 2.24. The van der Waals surface area contributed by atoms with Gasteiger partial charge < -0.3 is 22.1 Å². The first-order valence-corrected chi connectivity index (χ1v) is 8.66. The Kier molecular flexibility index (Phi) is 5.32. The van der Waals surface area contributed by atoms with Gasteiger partial charge in [-0.25, -0.2) is 9.37 Å². The van der Waals surface area contributed by atoms with Crippen molar-refractivity contribution < 1.29 is 9.18 Å². The van der Waals surface area contributed by atoms with E-state index in [1.165, 1.54) is 0 Å². The lowest BCUT2D eigenvalue weighted by Gasteiger charge is -2.30. The first-order chi connectivity index (χ1) is 12.4. The van der Waals surface area contributed by atoms with E-state index in [4.69, 9.17) is 11.5 Å². The van der Waals surface area contributed by atoms with Gasteiger partial charge in [-0.3, -0.25) is 9.78 Å². The van der Waals surface area contributed by atoms with Gasteiger partial charge in [0.25, 0.3) is 5.91 Å². The van der Waals surface area contributed by atoms with Crippen molar-refractivity contribution in [2.24, 2.45) is 11.5 Å². The van der Waals surface area contributed by atoms with E-state index in [1.54, 1.807) is 12.3 Å². The van der Waals surface area contributed by atoms with E-state index < -0.39 is 11.7 Å². The predicted molar refractivity (Wildman–Crippen MR) is 98.8 cm³/mol. The third-order valence-corrected chi connectivity index (χ3v) is 4.56. The number of anilines is 3. The molecule has 2 atom stereocenters. The van der Waals surface area contributed by atoms with Gasteiger partial charge in [-0.2, -0.15) is 0 Å². The molecule has 8 heteroatoms. The molecule has 0 saturated heterocycles. The van der Waals surface area contributed by atoms with E-state index in [9.17, 15) is 9.18 Å². The molecule has 3 rings (SSSR count). The zero-order chi connectivity index (χ0) is 18.7. The first-order valence-electron chi connectivity index (χ1n) is 8.66. The Balaban J connectivity index is 1.90. The van der Waals surface area contributed by atoms with Crippen LogP contribution < -0.4 is 22.1 Å². The first kappa shape index (κ1) is 18.1. The molecule has 1 saturated carbocycles. The van der Waals surface area contributed by atoms with E-state index in [2.05, 4.69) is 20.6 Å². The molecule has 0 spiro atoms. The van der Waals surface area contributed by atoms with Crippen molar-refractivity contribution in [3.8, 4) is 0 Å². The number of halogens is 1. The molecule has 1 amide bonds. The zero-order valence-electron chi connectivity index (χ0n) is 14.6. The van der Waals surface area contributed by atoms with Gasteiger partial charge in [0.2, 0.25) is 0 Å². The van der Waals surface area contributed by atoms with Crippen molar-refractivity contribution in [2.75, 3.05) is 10.6 Å². The van der Waals surface area contributed by atoms with Crippen LogP contribution in [0.5, 0.6) is 0 Å². The van der Waals surface area contributed by atoms with Crippen LogP contribution in [0.25, 0.3) is 0 Å². The van der Waals surface area contributed by atoms with E-state index >= 15 is 0 Å². The number of hydrogen-bond acceptors (Lipinski definition) is 6. The lowest BCUT2D eigenvalue weighted by atomic mass is 9.91. The maximum atomic E-state index is 14.5. The molecular weight excluding hydrogens is 335 g/mol. The molecule has 7 nitrogen and oxygen atoms in total. The lowest BCUT2D eigenvalue weighted by Crippen LogP contribution is -2.43. The Hall–Kier alpha value is -2.74. The number of nitrogens with two attached hydrogens (primary N) is 2. The maximum absolute atomic E-state index is 14.5. The summed E-state index contributed by atoms with van der Waals surface area (Å²) in [5.41, 5.74) is 12.9. The van der Waals surface area contributed by atoms with Gasteiger partial charge in [-0.05, 0) is 38.0 Å². The fourth-order valence-electron chi connectivity index (χ4n) is 3.07. The lowest BCUT2D eigenvalue weighted by molar-refractivity contribution is 0.100. The minimum atomic E-state index is -0.764. The molecule has 1 aliphatic rings. The number of carbonyl (C=O) groups is 1. The van der Waals surface area contributed by atoms with Gasteiger partial charge in [-0.1, -0.05) is 12.8 Å². The molecule has 0 aromatic carbocycles. The quantitative estimate of drug-likeness (QED) is 0.652. The Morgan fingerprint density at radius 2 is 2.04 bits per heavy atom. The minimum Gasteiger partial charge on any atom is -0.365 e. The van der Waals surface area contributed by atoms with E-state index in [0.29, 0.717) is 5.69 Å². The van der Waals surface area contributed by atoms with Gasteiger partial charge in [-0.15, -0.1) is 0 Å². The number of primary amides is 1. The minimum absolute atomic E-state index is 0.0263. The smallest absolute Gasteiger partial charge is 0.252 e. The van der Waals surface area contributed by atoms with Gasteiger partial charge in [0.15, 0.2) is 11.6 Å². The number of pyridine rings is 2. The van der Waals surface area contributed by atoms with Crippen molar-refractivity contribution in [2.45, 2.75) is 44.7 Å². The van der Waals surface area contributed by atoms with Crippen LogP contribution >= 0.6 is 0 Å². The highest BCUT2D eigenvalue weighted by molar-refractivity contribution is 5.98. The number of nitrogens with zero attached hydrogens (tertiary/aromatic N) is 2. The van der Waals surface area contributed by atoms with Crippen LogP contribution in [0, 0.1) is 12.7 Å². The van der Waals surface area contributed by atoms with Crippen LogP contribution in [0.15, 0.2) is 24.4 Å². The molecule has 26 heavy (non-hydrogen) atoms. The number of rotatable bonds is 5. The average molecular weight is 358 g/mol. The Bertz CT molecular complexity index is 795. The van der Waals surface area contributed by atoms with Gasteiger partial charge >= 0.3 is 0 Å². The van der Waals surface area contributed by atoms with Crippen LogP contribution in [0.2, 0.25) is 0 Å². The van der Waals surface area contributed by atoms with Crippen LogP contribution in [0.1, 0.15) is 41.7 Å². The Morgan fingerprint density at radius 1 is 1.27 bits per heavy atom. The maximum Gasteiger partial charge on any atom is 0.252 e. The van der Waals surface area contributed by atoms with Gasteiger partial charge in [0, 0.05) is 17.8 Å². The normalized spacial score (nSPS) is 19.8. The topological polar surface area (TPSA) is 119 Å². The van der Waals surface area contributed by atoms with Crippen LogP contribution in [-0.2, 0) is 0 Å². The van der Waals surface area contributed by atoms with Crippen LogP contribution in [-0.4, -0.2) is 28.0 Å². The largest absolute Gasteiger partial charge is 0.365 e.